The first-order valence-corrected chi connectivity index (χ1v) is 6.40. The second-order valence-corrected chi connectivity index (χ2v) is 5.74. The van der Waals surface area contributed by atoms with Gasteiger partial charge in [-0.3, -0.25) is 4.79 Å². The van der Waals surface area contributed by atoms with Crippen molar-refractivity contribution in [3.63, 3.8) is 0 Å². The monoisotopic (exact) mass is 265 g/mol. The van der Waals surface area contributed by atoms with Gasteiger partial charge >= 0.3 is 0 Å². The van der Waals surface area contributed by atoms with Gasteiger partial charge < -0.3 is 5.32 Å². The molecule has 15 heavy (non-hydrogen) atoms. The van der Waals surface area contributed by atoms with Crippen molar-refractivity contribution >= 4 is 40.4 Å². The van der Waals surface area contributed by atoms with Crippen molar-refractivity contribution in [2.45, 2.75) is 25.1 Å². The molecular weight excluding hydrogens is 253 g/mol. The van der Waals surface area contributed by atoms with Crippen molar-refractivity contribution in [3.8, 4) is 0 Å². The van der Waals surface area contributed by atoms with Crippen LogP contribution in [0.4, 0.5) is 0 Å². The third-order valence-electron chi connectivity index (χ3n) is 1.86. The Bertz CT molecular complexity index is 325. The molecule has 0 bridgehead atoms. The number of hydrogen-bond donors (Lipinski definition) is 1. The number of rotatable bonds is 5. The maximum absolute atomic E-state index is 11.5. The van der Waals surface area contributed by atoms with E-state index in [0.717, 1.165) is 12.8 Å². The van der Waals surface area contributed by atoms with Crippen LogP contribution in [-0.4, -0.2) is 17.8 Å². The number of amides is 1. The Labute approximate surface area is 104 Å². The van der Waals surface area contributed by atoms with Gasteiger partial charge in [-0.05, 0) is 31.9 Å². The lowest BCUT2D eigenvalue weighted by molar-refractivity contribution is 0.0957. The molecule has 1 N–H and O–H groups in total. The van der Waals surface area contributed by atoms with Crippen molar-refractivity contribution < 1.29 is 4.79 Å². The summed E-state index contributed by atoms with van der Waals surface area (Å²) in [4.78, 5) is 12.2. The standard InChI is InChI=1S/C10H13Cl2NOS/c1-7(11)3-2-6-13-10(14)8-4-5-9(12)15-8/h4-5,7H,2-3,6H2,1H3,(H,13,14). The van der Waals surface area contributed by atoms with E-state index in [9.17, 15) is 4.79 Å². The average Bonchev–Trinajstić information content (AvgIpc) is 2.59. The second kappa shape index (κ2) is 6.36. The molecule has 0 aromatic carbocycles. The van der Waals surface area contributed by atoms with Gasteiger partial charge in [-0.2, -0.15) is 0 Å². The van der Waals surface area contributed by atoms with Gasteiger partial charge in [0.05, 0.1) is 9.21 Å². The first kappa shape index (κ1) is 12.8. The van der Waals surface area contributed by atoms with Crippen molar-refractivity contribution in [2.24, 2.45) is 0 Å². The average molecular weight is 266 g/mol. The molecule has 0 aliphatic rings. The van der Waals surface area contributed by atoms with E-state index >= 15 is 0 Å². The summed E-state index contributed by atoms with van der Waals surface area (Å²) in [5.74, 6) is -0.0610. The molecule has 0 spiro atoms. The summed E-state index contributed by atoms with van der Waals surface area (Å²) >= 11 is 12.8. The quantitative estimate of drug-likeness (QED) is 0.641. The van der Waals surface area contributed by atoms with Crippen LogP contribution in [0.2, 0.25) is 4.34 Å². The largest absolute Gasteiger partial charge is 0.351 e. The van der Waals surface area contributed by atoms with Crippen LogP contribution in [0.1, 0.15) is 29.4 Å². The predicted molar refractivity (Wildman–Crippen MR) is 66.2 cm³/mol. The van der Waals surface area contributed by atoms with Crippen molar-refractivity contribution in [1.29, 1.82) is 0 Å². The van der Waals surface area contributed by atoms with Gasteiger partial charge in [-0.1, -0.05) is 11.6 Å². The maximum Gasteiger partial charge on any atom is 0.261 e. The van der Waals surface area contributed by atoms with Crippen LogP contribution in [0.15, 0.2) is 12.1 Å². The molecule has 1 atom stereocenters. The maximum atomic E-state index is 11.5. The zero-order chi connectivity index (χ0) is 11.3. The van der Waals surface area contributed by atoms with Crippen LogP contribution in [0.5, 0.6) is 0 Å². The number of carbonyl (C=O) groups is 1. The number of halogens is 2. The predicted octanol–water partition coefficient (Wildman–Crippen LogP) is 3.54. The lowest BCUT2D eigenvalue weighted by atomic mass is 10.2. The summed E-state index contributed by atoms with van der Waals surface area (Å²) in [5, 5.41) is 2.99. The molecule has 1 unspecified atom stereocenters. The molecule has 0 fully saturated rings. The lowest BCUT2D eigenvalue weighted by Gasteiger charge is -2.04. The van der Waals surface area contributed by atoms with E-state index in [1.54, 1.807) is 12.1 Å². The highest BCUT2D eigenvalue weighted by molar-refractivity contribution is 7.17. The molecule has 1 heterocycles. The third kappa shape index (κ3) is 4.87. The Morgan fingerprint density at radius 1 is 1.60 bits per heavy atom. The molecule has 0 saturated carbocycles. The van der Waals surface area contributed by atoms with Gasteiger partial charge in [0.15, 0.2) is 0 Å². The zero-order valence-corrected chi connectivity index (χ0v) is 10.8. The van der Waals surface area contributed by atoms with E-state index in [0.29, 0.717) is 15.8 Å². The lowest BCUT2D eigenvalue weighted by Crippen LogP contribution is -2.23. The Hall–Kier alpha value is -0.250. The van der Waals surface area contributed by atoms with Crippen LogP contribution in [0.25, 0.3) is 0 Å². The van der Waals surface area contributed by atoms with Crippen LogP contribution in [0.3, 0.4) is 0 Å². The van der Waals surface area contributed by atoms with Crippen LogP contribution in [-0.2, 0) is 0 Å². The topological polar surface area (TPSA) is 29.1 Å². The molecule has 5 heteroatoms. The molecule has 84 valence electrons. The molecule has 1 amide bonds. The van der Waals surface area contributed by atoms with Crippen LogP contribution in [0, 0.1) is 0 Å². The van der Waals surface area contributed by atoms with E-state index in [1.807, 2.05) is 6.92 Å². The molecule has 2 nitrogen and oxygen atoms in total. The van der Waals surface area contributed by atoms with Gasteiger partial charge in [0, 0.05) is 11.9 Å². The van der Waals surface area contributed by atoms with Crippen LogP contribution >= 0.6 is 34.5 Å². The molecule has 0 saturated heterocycles. The van der Waals surface area contributed by atoms with E-state index in [1.165, 1.54) is 11.3 Å². The minimum atomic E-state index is -0.0610. The van der Waals surface area contributed by atoms with Gasteiger partial charge in [-0.25, -0.2) is 0 Å². The SMILES string of the molecule is CC(Cl)CCCNC(=O)c1ccc(Cl)s1. The number of thiophene rings is 1. The smallest absolute Gasteiger partial charge is 0.261 e. The second-order valence-electron chi connectivity index (χ2n) is 3.28. The van der Waals surface area contributed by atoms with Gasteiger partial charge in [0.1, 0.15) is 0 Å². The Morgan fingerprint density at radius 3 is 2.87 bits per heavy atom. The number of alkyl halides is 1. The van der Waals surface area contributed by atoms with E-state index < -0.39 is 0 Å². The zero-order valence-electron chi connectivity index (χ0n) is 8.43. The van der Waals surface area contributed by atoms with E-state index in [-0.39, 0.29) is 11.3 Å². The molecule has 0 aliphatic carbocycles. The Kier molecular flexibility index (Phi) is 5.43. The van der Waals surface area contributed by atoms with E-state index in [4.69, 9.17) is 23.2 Å². The Morgan fingerprint density at radius 2 is 2.33 bits per heavy atom. The minimum Gasteiger partial charge on any atom is -0.351 e. The fourth-order valence-electron chi connectivity index (χ4n) is 1.11. The first-order chi connectivity index (χ1) is 7.09. The van der Waals surface area contributed by atoms with Crippen molar-refractivity contribution in [1.82, 2.24) is 5.32 Å². The van der Waals surface area contributed by atoms with Crippen molar-refractivity contribution in [2.75, 3.05) is 6.54 Å². The summed E-state index contributed by atoms with van der Waals surface area (Å²) in [7, 11) is 0. The van der Waals surface area contributed by atoms with Crippen LogP contribution < -0.4 is 5.32 Å². The minimum absolute atomic E-state index is 0.0610. The summed E-state index contributed by atoms with van der Waals surface area (Å²) in [6.45, 7) is 2.60. The summed E-state index contributed by atoms with van der Waals surface area (Å²) < 4.78 is 0.634. The fraction of sp³-hybridized carbons (Fsp3) is 0.500. The molecule has 1 aromatic heterocycles. The summed E-state index contributed by atoms with van der Waals surface area (Å²) in [6.07, 6.45) is 1.81. The first-order valence-electron chi connectivity index (χ1n) is 4.77. The summed E-state index contributed by atoms with van der Waals surface area (Å²) in [6, 6.07) is 3.45. The van der Waals surface area contributed by atoms with E-state index in [2.05, 4.69) is 5.32 Å². The fourth-order valence-corrected chi connectivity index (χ4v) is 2.22. The molecule has 0 aliphatic heterocycles. The molecule has 0 radical (unpaired) electrons. The van der Waals surface area contributed by atoms with Crippen molar-refractivity contribution in [3.05, 3.63) is 21.3 Å². The molecule has 1 rings (SSSR count). The van der Waals surface area contributed by atoms with Gasteiger partial charge in [0.2, 0.25) is 0 Å². The number of carbonyl (C=O) groups excluding carboxylic acids is 1. The Balaban J connectivity index is 2.25. The highest BCUT2D eigenvalue weighted by atomic mass is 35.5. The summed E-state index contributed by atoms with van der Waals surface area (Å²) in [5.41, 5.74) is 0. The third-order valence-corrected chi connectivity index (χ3v) is 3.31. The highest BCUT2D eigenvalue weighted by Gasteiger charge is 2.07. The number of hydrogen-bond acceptors (Lipinski definition) is 2. The highest BCUT2D eigenvalue weighted by Crippen LogP contribution is 2.21. The number of nitrogens with one attached hydrogen (secondary N) is 1. The van der Waals surface area contributed by atoms with Gasteiger partial charge in [0.25, 0.3) is 5.91 Å². The molecule has 1 aromatic rings. The van der Waals surface area contributed by atoms with Gasteiger partial charge in [-0.15, -0.1) is 22.9 Å². The molecular formula is C10H13Cl2NOS. The normalized spacial score (nSPS) is 12.5.